The summed E-state index contributed by atoms with van der Waals surface area (Å²) in [5.41, 5.74) is 0. The van der Waals surface area contributed by atoms with Crippen LogP contribution in [0.3, 0.4) is 0 Å². The molecule has 2 fully saturated rings. The lowest BCUT2D eigenvalue weighted by atomic mass is 10.00. The van der Waals surface area contributed by atoms with Gasteiger partial charge in [0.2, 0.25) is 0 Å². The standard InChI is InChI=1S/C12H16BrOPS2/c13-9-5-7-10(8-6-9)17-12-4-2-1-3-11(12)16-15(17)14/h5-8,11-12,15,17H,1-4H2/t11-,12-/m1/s1. The summed E-state index contributed by atoms with van der Waals surface area (Å²) in [6.45, 7) is 0. The fraction of sp³-hybridized carbons (Fsp3) is 0.500. The Labute approximate surface area is 118 Å². The van der Waals surface area contributed by atoms with Gasteiger partial charge in [-0.2, -0.15) is 10.5 Å². The van der Waals surface area contributed by atoms with Crippen molar-refractivity contribution in [3.63, 3.8) is 0 Å². The molecule has 5 heteroatoms. The van der Waals surface area contributed by atoms with Gasteiger partial charge in [-0.25, -0.2) is 0 Å². The van der Waals surface area contributed by atoms with Crippen molar-refractivity contribution in [2.45, 2.75) is 41.1 Å². The second-order valence-electron chi connectivity index (χ2n) is 4.62. The maximum atomic E-state index is 12.4. The molecular weight excluding hydrogens is 335 g/mol. The van der Waals surface area contributed by atoms with Gasteiger partial charge in [0.25, 0.3) is 0 Å². The Hall–Kier alpha value is 0.630. The van der Waals surface area contributed by atoms with Crippen LogP contribution in [-0.2, 0) is 4.57 Å². The van der Waals surface area contributed by atoms with Crippen LogP contribution in [0.25, 0.3) is 0 Å². The minimum atomic E-state index is -1.42. The van der Waals surface area contributed by atoms with E-state index in [9.17, 15) is 4.57 Å². The highest BCUT2D eigenvalue weighted by Gasteiger charge is 2.41. The Morgan fingerprint density at radius 3 is 2.71 bits per heavy atom. The van der Waals surface area contributed by atoms with Crippen LogP contribution in [0.15, 0.2) is 33.6 Å². The van der Waals surface area contributed by atoms with Crippen LogP contribution in [0.1, 0.15) is 25.7 Å². The highest BCUT2D eigenvalue weighted by atomic mass is 79.9. The molecule has 0 radical (unpaired) electrons. The average Bonchev–Trinajstić information content (AvgIpc) is 2.66. The van der Waals surface area contributed by atoms with Crippen LogP contribution >= 0.6 is 44.0 Å². The van der Waals surface area contributed by atoms with E-state index in [1.165, 1.54) is 30.6 Å². The van der Waals surface area contributed by atoms with E-state index < -0.39 is 6.20 Å². The summed E-state index contributed by atoms with van der Waals surface area (Å²) in [6.07, 6.45) is 3.85. The number of rotatable bonds is 1. The first-order valence-electron chi connectivity index (χ1n) is 6.01. The van der Waals surface area contributed by atoms with Crippen LogP contribution in [0.2, 0.25) is 0 Å². The summed E-state index contributed by atoms with van der Waals surface area (Å²) >= 11 is 5.29. The fourth-order valence-electron chi connectivity index (χ4n) is 2.73. The summed E-state index contributed by atoms with van der Waals surface area (Å²) in [4.78, 5) is 1.36. The molecule has 1 heterocycles. The average molecular weight is 351 g/mol. The summed E-state index contributed by atoms with van der Waals surface area (Å²) in [6, 6.07) is 8.53. The lowest BCUT2D eigenvalue weighted by Gasteiger charge is -2.29. The molecule has 0 spiro atoms. The fourth-order valence-corrected chi connectivity index (χ4v) is 16.6. The molecule has 4 atom stereocenters. The Morgan fingerprint density at radius 2 is 1.94 bits per heavy atom. The minimum Gasteiger partial charge on any atom is -0.305 e. The minimum absolute atomic E-state index is 0.383. The molecule has 2 unspecified atom stereocenters. The molecule has 1 saturated carbocycles. The molecule has 0 amide bonds. The van der Waals surface area contributed by atoms with Crippen molar-refractivity contribution in [1.82, 2.24) is 0 Å². The summed E-state index contributed by atoms with van der Waals surface area (Å²) in [7, 11) is -0.383. The van der Waals surface area contributed by atoms with Crippen molar-refractivity contribution in [1.29, 1.82) is 0 Å². The molecule has 0 bridgehead atoms. The number of thiol groups is 1. The maximum absolute atomic E-state index is 12.4. The molecule has 1 aliphatic carbocycles. The third kappa shape index (κ3) is 2.51. The van der Waals surface area contributed by atoms with Crippen LogP contribution in [-0.4, -0.2) is 10.5 Å². The first-order valence-corrected chi connectivity index (χ1v) is 12.1. The van der Waals surface area contributed by atoms with Crippen LogP contribution < -0.4 is 0 Å². The van der Waals surface area contributed by atoms with Gasteiger partial charge in [0.1, 0.15) is 0 Å². The Kier molecular flexibility index (Phi) is 3.96. The third-order valence-electron chi connectivity index (χ3n) is 3.55. The Bertz CT molecular complexity index is 437. The van der Waals surface area contributed by atoms with Gasteiger partial charge in [0, 0.05) is 15.0 Å². The second kappa shape index (κ2) is 5.32. The van der Waals surface area contributed by atoms with Gasteiger partial charge in [-0.05, 0) is 42.0 Å². The van der Waals surface area contributed by atoms with Gasteiger partial charge < -0.3 is 4.57 Å². The van der Waals surface area contributed by atoms with E-state index in [0.717, 1.165) is 9.72 Å². The molecule has 1 aromatic carbocycles. The van der Waals surface area contributed by atoms with E-state index >= 15 is 0 Å². The zero-order valence-corrected chi connectivity index (χ0v) is 13.7. The van der Waals surface area contributed by atoms with Crippen molar-refractivity contribution in [3.8, 4) is 0 Å². The van der Waals surface area contributed by atoms with Gasteiger partial charge in [-0.15, -0.1) is 0 Å². The van der Waals surface area contributed by atoms with E-state index in [2.05, 4.69) is 40.2 Å². The molecule has 2 aliphatic rings. The normalized spacial score (nSPS) is 38.9. The van der Waals surface area contributed by atoms with Gasteiger partial charge in [0.15, 0.2) is 6.20 Å². The molecule has 1 aliphatic heterocycles. The summed E-state index contributed by atoms with van der Waals surface area (Å²) in [5, 5.41) is 1.43. The largest absolute Gasteiger partial charge is 0.305 e. The molecule has 1 nitrogen and oxygen atoms in total. The predicted molar refractivity (Wildman–Crippen MR) is 84.0 cm³/mol. The smallest absolute Gasteiger partial charge is 0.165 e. The molecule has 94 valence electrons. The van der Waals surface area contributed by atoms with Crippen molar-refractivity contribution >= 4 is 44.0 Å². The van der Waals surface area contributed by atoms with Crippen molar-refractivity contribution in [2.75, 3.05) is 0 Å². The van der Waals surface area contributed by atoms with Crippen LogP contribution in [0.4, 0.5) is 0 Å². The van der Waals surface area contributed by atoms with Gasteiger partial charge >= 0.3 is 0 Å². The summed E-state index contributed by atoms with van der Waals surface area (Å²) < 4.78 is 13.5. The maximum Gasteiger partial charge on any atom is 0.165 e. The number of fused-ring (bicyclic) bond motifs is 1. The zero-order chi connectivity index (χ0) is 11.8. The number of hydrogen-bond donors (Lipinski definition) is 1. The second-order valence-corrected chi connectivity index (χ2v) is 14.2. The van der Waals surface area contributed by atoms with Crippen molar-refractivity contribution in [3.05, 3.63) is 28.7 Å². The first kappa shape index (κ1) is 12.7. The van der Waals surface area contributed by atoms with E-state index in [0.29, 0.717) is 5.25 Å². The van der Waals surface area contributed by atoms with Crippen molar-refractivity contribution < 1.29 is 4.57 Å². The number of halogens is 1. The topological polar surface area (TPSA) is 17.1 Å². The number of hydrogen-bond acceptors (Lipinski definition) is 2. The quantitative estimate of drug-likeness (QED) is 0.549. The Balaban J connectivity index is 1.90. The first-order chi connectivity index (χ1) is 8.25. The molecular formula is C12H16BrOPS2. The zero-order valence-electron chi connectivity index (χ0n) is 9.43. The van der Waals surface area contributed by atoms with Gasteiger partial charge in [0.05, 0.1) is 0 Å². The van der Waals surface area contributed by atoms with Crippen LogP contribution in [0, 0.1) is 0 Å². The molecule has 17 heavy (non-hydrogen) atoms. The monoisotopic (exact) mass is 350 g/mol. The Morgan fingerprint density at radius 1 is 1.24 bits per heavy atom. The highest BCUT2D eigenvalue weighted by molar-refractivity contribution is 9.10. The lowest BCUT2D eigenvalue weighted by molar-refractivity contribution is 0.529. The SMILES string of the molecule is O=[PH]1S[C@@H]2CCCC[C@H]2[SH]1c1ccc(Br)cc1. The van der Waals surface area contributed by atoms with Gasteiger partial charge in [-0.3, -0.25) is 0 Å². The lowest BCUT2D eigenvalue weighted by Crippen LogP contribution is -2.22. The molecule has 1 aromatic rings. The van der Waals surface area contributed by atoms with E-state index in [1.54, 1.807) is 0 Å². The van der Waals surface area contributed by atoms with Crippen LogP contribution in [0.5, 0.6) is 0 Å². The number of benzene rings is 1. The molecule has 3 rings (SSSR count). The van der Waals surface area contributed by atoms with E-state index in [-0.39, 0.29) is 10.5 Å². The summed E-state index contributed by atoms with van der Waals surface area (Å²) in [5.74, 6) is 0. The van der Waals surface area contributed by atoms with E-state index in [4.69, 9.17) is 0 Å². The molecule has 0 N–H and O–H groups in total. The van der Waals surface area contributed by atoms with Gasteiger partial charge in [-0.1, -0.05) is 40.2 Å². The highest BCUT2D eigenvalue weighted by Crippen LogP contribution is 2.78. The van der Waals surface area contributed by atoms with Crippen molar-refractivity contribution in [2.24, 2.45) is 0 Å². The molecule has 1 saturated heterocycles. The van der Waals surface area contributed by atoms with E-state index in [1.807, 2.05) is 11.4 Å². The molecule has 0 aromatic heterocycles. The third-order valence-corrected chi connectivity index (χ3v) is 15.1. The predicted octanol–water partition coefficient (Wildman–Crippen LogP) is 5.26.